The van der Waals surface area contributed by atoms with E-state index < -0.39 is 30.2 Å². The molecule has 0 N–H and O–H groups in total. The van der Waals surface area contributed by atoms with Crippen molar-refractivity contribution in [1.29, 1.82) is 0 Å². The number of alkyl halides is 4. The molecule has 0 radical (unpaired) electrons. The molecule has 0 aliphatic heterocycles. The zero-order valence-electron chi connectivity index (χ0n) is 9.39. The van der Waals surface area contributed by atoms with E-state index in [1.807, 2.05) is 0 Å². The first-order chi connectivity index (χ1) is 6.99. The molecule has 0 rings (SSSR count). The zero-order chi connectivity index (χ0) is 13.1. The van der Waals surface area contributed by atoms with Gasteiger partial charge in [-0.15, -0.1) is 0 Å². The molecule has 0 saturated heterocycles. The van der Waals surface area contributed by atoms with Crippen molar-refractivity contribution < 1.29 is 31.8 Å². The summed E-state index contributed by atoms with van der Waals surface area (Å²) in [5.41, 5.74) is -4.15. The Labute approximate surface area is 90.7 Å². The van der Waals surface area contributed by atoms with E-state index in [4.69, 9.17) is 0 Å². The molecule has 0 bridgehead atoms. The molecule has 0 saturated carbocycles. The topological polar surface area (TPSA) is 35.5 Å². The fourth-order valence-corrected chi connectivity index (χ4v) is 0.539. The van der Waals surface area contributed by atoms with Crippen LogP contribution in [0.15, 0.2) is 0 Å². The van der Waals surface area contributed by atoms with Crippen LogP contribution in [0, 0.1) is 0 Å². The minimum absolute atomic E-state index is 0.953. The lowest BCUT2D eigenvalue weighted by molar-refractivity contribution is -0.141. The maximum absolute atomic E-state index is 12.3. The van der Waals surface area contributed by atoms with Crippen LogP contribution in [0.4, 0.5) is 22.4 Å². The summed E-state index contributed by atoms with van der Waals surface area (Å²) in [6.07, 6.45) is -7.42. The van der Waals surface area contributed by atoms with Crippen molar-refractivity contribution in [3.63, 3.8) is 0 Å². The SMILES string of the molecule is CC(C)(OC(=O)OC(C)(C)C(F)F)C(F)F. The lowest BCUT2D eigenvalue weighted by atomic mass is 10.1. The lowest BCUT2D eigenvalue weighted by Crippen LogP contribution is -2.41. The third kappa shape index (κ3) is 4.24. The molecule has 7 heteroatoms. The largest absolute Gasteiger partial charge is 0.509 e. The van der Waals surface area contributed by atoms with E-state index in [-0.39, 0.29) is 0 Å². The number of rotatable bonds is 4. The fourth-order valence-electron chi connectivity index (χ4n) is 0.539. The molecule has 0 fully saturated rings. The Kier molecular flexibility index (Phi) is 4.57. The highest BCUT2D eigenvalue weighted by Gasteiger charge is 2.39. The molecule has 96 valence electrons. The predicted octanol–water partition coefficient (Wildman–Crippen LogP) is 3.23. The average molecular weight is 246 g/mol. The number of hydrogen-bond acceptors (Lipinski definition) is 3. The fraction of sp³-hybridized carbons (Fsp3) is 0.889. The van der Waals surface area contributed by atoms with Gasteiger partial charge < -0.3 is 9.47 Å². The summed E-state index contributed by atoms with van der Waals surface area (Å²) in [6.45, 7) is 3.81. The van der Waals surface area contributed by atoms with E-state index >= 15 is 0 Å². The van der Waals surface area contributed by atoms with Gasteiger partial charge in [-0.05, 0) is 27.7 Å². The normalized spacial score (nSPS) is 13.1. The van der Waals surface area contributed by atoms with Crippen molar-refractivity contribution in [2.24, 2.45) is 0 Å². The van der Waals surface area contributed by atoms with Gasteiger partial charge in [0.05, 0.1) is 0 Å². The first kappa shape index (κ1) is 15.0. The van der Waals surface area contributed by atoms with Gasteiger partial charge in [-0.1, -0.05) is 0 Å². The highest BCUT2D eigenvalue weighted by Crippen LogP contribution is 2.24. The summed E-state index contributed by atoms with van der Waals surface area (Å²) >= 11 is 0. The van der Waals surface area contributed by atoms with E-state index in [1.165, 1.54) is 0 Å². The molecule has 16 heavy (non-hydrogen) atoms. The second-order valence-electron chi connectivity index (χ2n) is 4.26. The van der Waals surface area contributed by atoms with Crippen LogP contribution in [0.25, 0.3) is 0 Å². The van der Waals surface area contributed by atoms with Gasteiger partial charge in [0, 0.05) is 0 Å². The van der Waals surface area contributed by atoms with Crippen LogP contribution < -0.4 is 0 Å². The molecule has 0 aliphatic rings. The van der Waals surface area contributed by atoms with E-state index in [0.717, 1.165) is 27.7 Å². The van der Waals surface area contributed by atoms with Gasteiger partial charge in [0.2, 0.25) is 0 Å². The Morgan fingerprint density at radius 1 is 0.875 bits per heavy atom. The van der Waals surface area contributed by atoms with Crippen LogP contribution in [0.3, 0.4) is 0 Å². The number of ether oxygens (including phenoxy) is 2. The first-order valence-corrected chi connectivity index (χ1v) is 4.47. The summed E-state index contributed by atoms with van der Waals surface area (Å²) < 4.78 is 57.6. The summed E-state index contributed by atoms with van der Waals surface area (Å²) in [7, 11) is 0. The highest BCUT2D eigenvalue weighted by atomic mass is 19.3. The van der Waals surface area contributed by atoms with Crippen LogP contribution in [-0.2, 0) is 9.47 Å². The van der Waals surface area contributed by atoms with Crippen molar-refractivity contribution in [1.82, 2.24) is 0 Å². The number of halogens is 4. The minimum Gasteiger partial charge on any atom is -0.422 e. The molecular formula is C9H14F4O3. The van der Waals surface area contributed by atoms with Crippen molar-refractivity contribution in [3.05, 3.63) is 0 Å². The number of carbonyl (C=O) groups excluding carboxylic acids is 1. The van der Waals surface area contributed by atoms with Gasteiger partial charge in [0.15, 0.2) is 11.2 Å². The molecular weight excluding hydrogens is 232 g/mol. The Balaban J connectivity index is 4.41. The molecule has 0 amide bonds. The molecule has 0 heterocycles. The van der Waals surface area contributed by atoms with E-state index in [9.17, 15) is 22.4 Å². The first-order valence-electron chi connectivity index (χ1n) is 4.47. The molecule has 0 aromatic rings. The van der Waals surface area contributed by atoms with Gasteiger partial charge in [-0.25, -0.2) is 22.4 Å². The van der Waals surface area contributed by atoms with Crippen molar-refractivity contribution >= 4 is 6.16 Å². The van der Waals surface area contributed by atoms with E-state index in [2.05, 4.69) is 9.47 Å². The molecule has 0 unspecified atom stereocenters. The molecule has 3 nitrogen and oxygen atoms in total. The minimum atomic E-state index is -2.94. The van der Waals surface area contributed by atoms with Crippen molar-refractivity contribution in [2.45, 2.75) is 51.7 Å². The van der Waals surface area contributed by atoms with Crippen LogP contribution in [0.2, 0.25) is 0 Å². The molecule has 0 atom stereocenters. The number of carbonyl (C=O) groups is 1. The van der Waals surface area contributed by atoms with Gasteiger partial charge >= 0.3 is 6.16 Å². The summed E-state index contributed by atoms with van der Waals surface area (Å²) in [4.78, 5) is 11.0. The van der Waals surface area contributed by atoms with Gasteiger partial charge in [-0.2, -0.15) is 0 Å². The molecule has 0 aromatic heterocycles. The standard InChI is InChI=1S/C9H14F4O3/c1-8(2,5(10)11)15-7(14)16-9(3,4)6(12)13/h5-6H,1-4H3. The second kappa shape index (κ2) is 4.88. The summed E-state index contributed by atoms with van der Waals surface area (Å²) in [5.74, 6) is 0. The molecule has 0 spiro atoms. The lowest BCUT2D eigenvalue weighted by Gasteiger charge is -2.28. The Bertz CT molecular complexity index is 227. The molecule has 0 aliphatic carbocycles. The smallest absolute Gasteiger partial charge is 0.422 e. The third-order valence-electron chi connectivity index (χ3n) is 1.74. The Morgan fingerprint density at radius 2 is 1.12 bits per heavy atom. The summed E-state index contributed by atoms with van der Waals surface area (Å²) in [6, 6.07) is 0. The van der Waals surface area contributed by atoms with Gasteiger partial charge in [0.1, 0.15) is 0 Å². The van der Waals surface area contributed by atoms with Crippen molar-refractivity contribution in [3.8, 4) is 0 Å². The second-order valence-corrected chi connectivity index (χ2v) is 4.26. The van der Waals surface area contributed by atoms with Gasteiger partial charge in [-0.3, -0.25) is 0 Å². The third-order valence-corrected chi connectivity index (χ3v) is 1.74. The maximum atomic E-state index is 12.3. The van der Waals surface area contributed by atoms with Crippen LogP contribution in [0.5, 0.6) is 0 Å². The Hall–Kier alpha value is -1.01. The van der Waals surface area contributed by atoms with Crippen molar-refractivity contribution in [2.75, 3.05) is 0 Å². The quantitative estimate of drug-likeness (QED) is 0.564. The Morgan fingerprint density at radius 3 is 1.31 bits per heavy atom. The maximum Gasteiger partial charge on any atom is 0.509 e. The van der Waals surface area contributed by atoms with Gasteiger partial charge in [0.25, 0.3) is 12.9 Å². The van der Waals surface area contributed by atoms with Crippen LogP contribution >= 0.6 is 0 Å². The zero-order valence-corrected chi connectivity index (χ0v) is 9.39. The predicted molar refractivity (Wildman–Crippen MR) is 47.7 cm³/mol. The van der Waals surface area contributed by atoms with E-state index in [0.29, 0.717) is 0 Å². The molecule has 0 aromatic carbocycles. The monoisotopic (exact) mass is 246 g/mol. The highest BCUT2D eigenvalue weighted by molar-refractivity contribution is 5.61. The average Bonchev–Trinajstić information content (AvgIpc) is 2.00. The van der Waals surface area contributed by atoms with Crippen LogP contribution in [0.1, 0.15) is 27.7 Å². The van der Waals surface area contributed by atoms with E-state index in [1.54, 1.807) is 0 Å². The van der Waals surface area contributed by atoms with Crippen LogP contribution in [-0.4, -0.2) is 30.2 Å². The summed E-state index contributed by atoms with van der Waals surface area (Å²) in [5, 5.41) is 0. The number of hydrogen-bond donors (Lipinski definition) is 0.